The van der Waals surface area contributed by atoms with Gasteiger partial charge >= 0.3 is 0 Å². The lowest BCUT2D eigenvalue weighted by molar-refractivity contribution is -0.126. The number of carbonyl (C=O) groups is 1. The number of hydrogen-bond acceptors (Lipinski definition) is 4. The van der Waals surface area contributed by atoms with Crippen molar-refractivity contribution in [1.82, 2.24) is 9.62 Å². The normalized spacial score (nSPS) is 16.8. The Morgan fingerprint density at radius 3 is 2.58 bits per heavy atom. The smallest absolute Gasteiger partial charge is 0.223 e. The number of piperidine rings is 1. The fraction of sp³-hybridized carbons (Fsp3) is 0.588. The van der Waals surface area contributed by atoms with Crippen LogP contribution in [0, 0.1) is 5.92 Å². The van der Waals surface area contributed by atoms with Gasteiger partial charge in [0.15, 0.2) is 0 Å². The van der Waals surface area contributed by atoms with Crippen LogP contribution in [0.15, 0.2) is 24.3 Å². The summed E-state index contributed by atoms with van der Waals surface area (Å²) in [6, 6.07) is 7.56. The number of ether oxygens (including phenoxy) is 1. The van der Waals surface area contributed by atoms with Crippen molar-refractivity contribution < 1.29 is 17.9 Å². The van der Waals surface area contributed by atoms with E-state index in [1.807, 2.05) is 31.2 Å². The van der Waals surface area contributed by atoms with Gasteiger partial charge in [0.05, 0.1) is 12.9 Å². The van der Waals surface area contributed by atoms with Crippen molar-refractivity contribution in [3.05, 3.63) is 29.8 Å². The Morgan fingerprint density at radius 1 is 1.29 bits per heavy atom. The quantitative estimate of drug-likeness (QED) is 0.810. The van der Waals surface area contributed by atoms with Crippen molar-refractivity contribution in [2.75, 3.05) is 26.0 Å². The summed E-state index contributed by atoms with van der Waals surface area (Å²) < 4.78 is 30.9. The van der Waals surface area contributed by atoms with E-state index < -0.39 is 10.0 Å². The van der Waals surface area contributed by atoms with E-state index in [0.717, 1.165) is 11.3 Å². The first-order chi connectivity index (χ1) is 11.5. The Morgan fingerprint density at radius 2 is 1.96 bits per heavy atom. The van der Waals surface area contributed by atoms with Gasteiger partial charge in [0.2, 0.25) is 15.9 Å². The van der Waals surface area contributed by atoms with E-state index in [1.54, 1.807) is 7.11 Å². The van der Waals surface area contributed by atoms with Crippen LogP contribution in [0.3, 0.4) is 0 Å². The van der Waals surface area contributed by atoms with Crippen LogP contribution in [0.2, 0.25) is 0 Å². The van der Waals surface area contributed by atoms with Crippen molar-refractivity contribution in [2.45, 2.75) is 32.7 Å². The summed E-state index contributed by atoms with van der Waals surface area (Å²) in [5.41, 5.74) is 0.927. The number of methoxy groups -OCH3 is 1. The van der Waals surface area contributed by atoms with E-state index in [2.05, 4.69) is 5.32 Å². The molecule has 7 heteroatoms. The van der Waals surface area contributed by atoms with Crippen molar-refractivity contribution >= 4 is 15.9 Å². The molecule has 24 heavy (non-hydrogen) atoms. The van der Waals surface area contributed by atoms with Gasteiger partial charge in [-0.3, -0.25) is 4.79 Å². The van der Waals surface area contributed by atoms with Crippen molar-refractivity contribution in [3.8, 4) is 5.75 Å². The number of amides is 1. The van der Waals surface area contributed by atoms with Gasteiger partial charge in [-0.1, -0.05) is 25.1 Å². The predicted octanol–water partition coefficient (Wildman–Crippen LogP) is 1.76. The minimum Gasteiger partial charge on any atom is -0.496 e. The molecule has 2 rings (SSSR count). The molecule has 1 amide bonds. The molecular weight excluding hydrogens is 328 g/mol. The Labute approximate surface area is 144 Å². The van der Waals surface area contributed by atoms with Crippen molar-refractivity contribution in [1.29, 1.82) is 0 Å². The maximum absolute atomic E-state index is 12.3. The van der Waals surface area contributed by atoms with Crippen LogP contribution in [-0.4, -0.2) is 44.6 Å². The molecule has 134 valence electrons. The van der Waals surface area contributed by atoms with Crippen LogP contribution in [0.5, 0.6) is 5.75 Å². The largest absolute Gasteiger partial charge is 0.496 e. The number of benzene rings is 1. The number of para-hydroxylation sites is 1. The van der Waals surface area contributed by atoms with Crippen LogP contribution in [0.25, 0.3) is 0 Å². The number of hydrogen-bond donors (Lipinski definition) is 1. The standard InChI is InChI=1S/C17H26N2O4S/c1-3-12-24(21,22)19-10-8-14(9-11-19)17(20)18-13-15-6-4-5-7-16(15)23-2/h4-7,14H,3,8-13H2,1-2H3,(H,18,20). The van der Waals surface area contributed by atoms with Gasteiger partial charge < -0.3 is 10.1 Å². The van der Waals surface area contributed by atoms with Gasteiger partial charge in [-0.25, -0.2) is 12.7 Å². The highest BCUT2D eigenvalue weighted by molar-refractivity contribution is 7.89. The highest BCUT2D eigenvalue weighted by Crippen LogP contribution is 2.21. The third-order valence-electron chi connectivity index (χ3n) is 4.33. The number of rotatable bonds is 7. The lowest BCUT2D eigenvalue weighted by Gasteiger charge is -2.30. The molecule has 0 aliphatic carbocycles. The van der Waals surface area contributed by atoms with E-state index in [0.29, 0.717) is 38.9 Å². The fourth-order valence-corrected chi connectivity index (χ4v) is 4.50. The molecule has 1 aromatic carbocycles. The van der Waals surface area contributed by atoms with Crippen LogP contribution in [-0.2, 0) is 21.4 Å². The molecule has 0 atom stereocenters. The van der Waals surface area contributed by atoms with Gasteiger partial charge in [0.25, 0.3) is 0 Å². The summed E-state index contributed by atoms with van der Waals surface area (Å²) in [6.45, 7) is 3.12. The molecule has 0 unspecified atom stereocenters. The molecule has 0 spiro atoms. The van der Waals surface area contributed by atoms with Gasteiger partial charge in [-0.15, -0.1) is 0 Å². The molecule has 0 radical (unpaired) electrons. The lowest BCUT2D eigenvalue weighted by Crippen LogP contribution is -2.43. The molecule has 6 nitrogen and oxygen atoms in total. The molecule has 1 saturated heterocycles. The average molecular weight is 354 g/mol. The van der Waals surface area contributed by atoms with E-state index in [-0.39, 0.29) is 17.6 Å². The van der Waals surface area contributed by atoms with Gasteiger partial charge in [0.1, 0.15) is 5.75 Å². The zero-order valence-corrected chi connectivity index (χ0v) is 15.1. The number of nitrogens with one attached hydrogen (secondary N) is 1. The Hall–Kier alpha value is -1.60. The molecule has 1 aromatic rings. The zero-order chi connectivity index (χ0) is 17.6. The summed E-state index contributed by atoms with van der Waals surface area (Å²) in [4.78, 5) is 12.3. The Balaban J connectivity index is 1.85. The molecular formula is C17H26N2O4S. The lowest BCUT2D eigenvalue weighted by atomic mass is 9.97. The SMILES string of the molecule is CCCS(=O)(=O)N1CCC(C(=O)NCc2ccccc2OC)CC1. The van der Waals surface area contributed by atoms with E-state index in [1.165, 1.54) is 4.31 Å². The van der Waals surface area contributed by atoms with Gasteiger partial charge in [-0.05, 0) is 25.3 Å². The minimum atomic E-state index is -3.16. The number of carbonyl (C=O) groups excluding carboxylic acids is 1. The first kappa shape index (κ1) is 18.7. The van der Waals surface area contributed by atoms with Gasteiger partial charge in [-0.2, -0.15) is 0 Å². The number of nitrogens with zero attached hydrogens (tertiary/aromatic N) is 1. The summed E-state index contributed by atoms with van der Waals surface area (Å²) in [7, 11) is -1.56. The Kier molecular flexibility index (Phi) is 6.62. The van der Waals surface area contributed by atoms with E-state index in [9.17, 15) is 13.2 Å². The molecule has 1 N–H and O–H groups in total. The van der Waals surface area contributed by atoms with Gasteiger partial charge in [0, 0.05) is 31.1 Å². The second kappa shape index (κ2) is 8.48. The second-order valence-electron chi connectivity index (χ2n) is 6.02. The zero-order valence-electron chi connectivity index (χ0n) is 14.3. The first-order valence-corrected chi connectivity index (χ1v) is 9.96. The minimum absolute atomic E-state index is 0.0200. The molecule has 1 heterocycles. The third-order valence-corrected chi connectivity index (χ3v) is 6.40. The maximum Gasteiger partial charge on any atom is 0.223 e. The monoisotopic (exact) mass is 354 g/mol. The maximum atomic E-state index is 12.3. The number of sulfonamides is 1. The fourth-order valence-electron chi connectivity index (χ4n) is 2.96. The van der Waals surface area contributed by atoms with Crippen molar-refractivity contribution in [3.63, 3.8) is 0 Å². The third kappa shape index (κ3) is 4.70. The second-order valence-corrected chi connectivity index (χ2v) is 8.11. The average Bonchev–Trinajstić information content (AvgIpc) is 2.60. The van der Waals surface area contributed by atoms with Crippen LogP contribution >= 0.6 is 0 Å². The molecule has 1 fully saturated rings. The molecule has 0 bridgehead atoms. The predicted molar refractivity (Wildman–Crippen MR) is 93.2 cm³/mol. The molecule has 0 saturated carbocycles. The summed E-state index contributed by atoms with van der Waals surface area (Å²) in [5.74, 6) is 0.775. The van der Waals surface area contributed by atoms with Crippen molar-refractivity contribution in [2.24, 2.45) is 5.92 Å². The van der Waals surface area contributed by atoms with Crippen LogP contribution in [0.1, 0.15) is 31.7 Å². The van der Waals surface area contributed by atoms with Crippen LogP contribution in [0.4, 0.5) is 0 Å². The highest BCUT2D eigenvalue weighted by atomic mass is 32.2. The first-order valence-electron chi connectivity index (χ1n) is 8.35. The van der Waals surface area contributed by atoms with E-state index in [4.69, 9.17) is 4.74 Å². The molecule has 1 aliphatic heterocycles. The topological polar surface area (TPSA) is 75.7 Å². The summed E-state index contributed by atoms with van der Waals surface area (Å²) in [6.07, 6.45) is 1.75. The van der Waals surface area contributed by atoms with E-state index >= 15 is 0 Å². The Bertz CT molecular complexity index is 652. The summed E-state index contributed by atoms with van der Waals surface area (Å²) >= 11 is 0. The molecule has 1 aliphatic rings. The molecule has 0 aromatic heterocycles. The summed E-state index contributed by atoms with van der Waals surface area (Å²) in [5, 5.41) is 2.94. The highest BCUT2D eigenvalue weighted by Gasteiger charge is 2.30. The van der Waals surface area contributed by atoms with Crippen LogP contribution < -0.4 is 10.1 Å².